The van der Waals surface area contributed by atoms with Crippen molar-refractivity contribution in [3.63, 3.8) is 0 Å². The van der Waals surface area contributed by atoms with Crippen molar-refractivity contribution in [1.29, 1.82) is 0 Å². The van der Waals surface area contributed by atoms with Gasteiger partial charge in [0.05, 0.1) is 0 Å². The van der Waals surface area contributed by atoms with E-state index in [9.17, 15) is 17.6 Å². The van der Waals surface area contributed by atoms with Crippen molar-refractivity contribution < 1.29 is 22.3 Å². The molecule has 0 aliphatic carbocycles. The van der Waals surface area contributed by atoms with Gasteiger partial charge < -0.3 is 10.1 Å². The van der Waals surface area contributed by atoms with Crippen molar-refractivity contribution in [2.45, 2.75) is 31.7 Å². The molecule has 0 fully saturated rings. The number of ether oxygens (including phenoxy) is 1. The van der Waals surface area contributed by atoms with Crippen LogP contribution in [0.3, 0.4) is 0 Å². The average molecular weight is 279 g/mol. The van der Waals surface area contributed by atoms with E-state index in [2.05, 4.69) is 5.32 Å². The van der Waals surface area contributed by atoms with Crippen molar-refractivity contribution in [1.82, 2.24) is 5.32 Å². The van der Waals surface area contributed by atoms with Crippen LogP contribution in [0.25, 0.3) is 0 Å². The molecule has 1 N–H and O–H groups in total. The summed E-state index contributed by atoms with van der Waals surface area (Å²) in [4.78, 5) is 0. The largest absolute Gasteiger partial charge is 0.487 e. The highest BCUT2D eigenvalue weighted by atomic mass is 19.3. The first kappa shape index (κ1) is 15.8. The van der Waals surface area contributed by atoms with Crippen LogP contribution in [0.15, 0.2) is 24.3 Å². The fourth-order valence-electron chi connectivity index (χ4n) is 1.72. The maximum Gasteiger partial charge on any atom is 0.340 e. The van der Waals surface area contributed by atoms with Gasteiger partial charge in [0, 0.05) is 11.6 Å². The normalized spacial score (nSPS) is 13.6. The molecule has 1 aromatic rings. The minimum Gasteiger partial charge on any atom is -0.487 e. The lowest BCUT2D eigenvalue weighted by Crippen LogP contribution is -2.34. The van der Waals surface area contributed by atoms with Crippen LogP contribution in [0.2, 0.25) is 0 Å². The number of halogens is 4. The van der Waals surface area contributed by atoms with Crippen LogP contribution in [0.1, 0.15) is 24.9 Å². The van der Waals surface area contributed by atoms with Crippen LogP contribution >= 0.6 is 0 Å². The lowest BCUT2D eigenvalue weighted by molar-refractivity contribution is -0.148. The molecule has 0 heterocycles. The Balaban J connectivity index is 2.84. The number of alkyl halides is 4. The molecule has 0 radical (unpaired) electrons. The predicted octanol–water partition coefficient (Wildman–Crippen LogP) is 3.64. The molecule has 0 aliphatic heterocycles. The molecule has 0 amide bonds. The van der Waals surface area contributed by atoms with E-state index >= 15 is 0 Å². The third-order valence-electron chi connectivity index (χ3n) is 2.79. The first-order valence-electron chi connectivity index (χ1n) is 5.97. The van der Waals surface area contributed by atoms with Crippen LogP contribution in [0, 0.1) is 0 Å². The fourth-order valence-corrected chi connectivity index (χ4v) is 1.72. The number of hydrogen-bond acceptors (Lipinski definition) is 2. The van der Waals surface area contributed by atoms with Gasteiger partial charge in [-0.05, 0) is 19.5 Å². The van der Waals surface area contributed by atoms with Crippen molar-refractivity contribution in [2.75, 3.05) is 13.7 Å². The van der Waals surface area contributed by atoms with E-state index in [4.69, 9.17) is 4.74 Å². The summed E-state index contributed by atoms with van der Waals surface area (Å²) in [5, 5.41) is 3.01. The van der Waals surface area contributed by atoms with E-state index in [1.165, 1.54) is 6.07 Å². The second-order valence-corrected chi connectivity index (χ2v) is 4.14. The highest BCUT2D eigenvalue weighted by molar-refractivity contribution is 5.36. The maximum atomic E-state index is 12.8. The predicted molar refractivity (Wildman–Crippen MR) is 65.0 cm³/mol. The summed E-state index contributed by atoms with van der Waals surface area (Å²) in [6.07, 6.45) is -3.01. The Kier molecular flexibility index (Phi) is 5.60. The zero-order valence-corrected chi connectivity index (χ0v) is 10.8. The van der Waals surface area contributed by atoms with E-state index in [0.717, 1.165) is 6.42 Å². The second-order valence-electron chi connectivity index (χ2n) is 4.14. The molecule has 1 atom stereocenters. The van der Waals surface area contributed by atoms with Crippen LogP contribution < -0.4 is 10.1 Å². The van der Waals surface area contributed by atoms with E-state index in [-0.39, 0.29) is 11.8 Å². The van der Waals surface area contributed by atoms with Gasteiger partial charge in [-0.15, -0.1) is 0 Å². The van der Waals surface area contributed by atoms with Gasteiger partial charge in [-0.2, -0.15) is 8.78 Å². The summed E-state index contributed by atoms with van der Waals surface area (Å²) in [5.74, 6) is -3.95. The van der Waals surface area contributed by atoms with Gasteiger partial charge in [-0.3, -0.25) is 0 Å². The Morgan fingerprint density at radius 1 is 1.26 bits per heavy atom. The van der Waals surface area contributed by atoms with Gasteiger partial charge in [0.15, 0.2) is 6.61 Å². The molecule has 0 saturated heterocycles. The molecule has 1 rings (SSSR count). The van der Waals surface area contributed by atoms with Gasteiger partial charge in [-0.1, -0.05) is 25.1 Å². The fraction of sp³-hybridized carbons (Fsp3) is 0.538. The summed E-state index contributed by atoms with van der Waals surface area (Å²) >= 11 is 0. The highest BCUT2D eigenvalue weighted by Gasteiger charge is 2.41. The summed E-state index contributed by atoms with van der Waals surface area (Å²) in [6, 6.07) is 6.50. The Bertz CT molecular complexity index is 394. The standard InChI is InChI=1S/C13H17F4NO/c1-3-10(18-2)9-6-4-5-7-11(9)19-8-13(16,17)12(14)15/h4-7,10,12,18H,3,8H2,1-2H3. The smallest absolute Gasteiger partial charge is 0.340 e. The molecule has 0 saturated carbocycles. The van der Waals surface area contributed by atoms with Crippen LogP contribution in [0.4, 0.5) is 17.6 Å². The Morgan fingerprint density at radius 3 is 2.42 bits per heavy atom. The lowest BCUT2D eigenvalue weighted by Gasteiger charge is -2.21. The number of para-hydroxylation sites is 1. The molecule has 108 valence electrons. The third-order valence-corrected chi connectivity index (χ3v) is 2.79. The molecular weight excluding hydrogens is 262 g/mol. The molecule has 1 aromatic carbocycles. The van der Waals surface area contributed by atoms with E-state index in [1.807, 2.05) is 6.92 Å². The van der Waals surface area contributed by atoms with Crippen LogP contribution in [-0.2, 0) is 0 Å². The number of hydrogen-bond donors (Lipinski definition) is 1. The molecule has 0 aliphatic rings. The maximum absolute atomic E-state index is 12.8. The minimum atomic E-state index is -4.14. The summed E-state index contributed by atoms with van der Waals surface area (Å²) in [5.41, 5.74) is 0.678. The van der Waals surface area contributed by atoms with E-state index < -0.39 is 19.0 Å². The number of nitrogens with one attached hydrogen (secondary N) is 1. The first-order valence-corrected chi connectivity index (χ1v) is 5.97. The number of benzene rings is 1. The zero-order chi connectivity index (χ0) is 14.5. The quantitative estimate of drug-likeness (QED) is 0.769. The Hall–Kier alpha value is -1.30. The van der Waals surface area contributed by atoms with Crippen LogP contribution in [0.5, 0.6) is 5.75 Å². The molecule has 0 spiro atoms. The van der Waals surface area contributed by atoms with Gasteiger partial charge in [0.25, 0.3) is 0 Å². The molecule has 6 heteroatoms. The lowest BCUT2D eigenvalue weighted by atomic mass is 10.0. The van der Waals surface area contributed by atoms with Crippen LogP contribution in [-0.4, -0.2) is 26.0 Å². The van der Waals surface area contributed by atoms with Gasteiger partial charge in [0.2, 0.25) is 0 Å². The van der Waals surface area contributed by atoms with Gasteiger partial charge in [0.1, 0.15) is 5.75 Å². The third kappa shape index (κ3) is 4.09. The summed E-state index contributed by atoms with van der Waals surface area (Å²) in [6.45, 7) is 0.591. The minimum absolute atomic E-state index is 0.0728. The van der Waals surface area contributed by atoms with Crippen molar-refractivity contribution in [2.24, 2.45) is 0 Å². The molecular formula is C13H17F4NO. The van der Waals surface area contributed by atoms with Crippen molar-refractivity contribution >= 4 is 0 Å². The van der Waals surface area contributed by atoms with E-state index in [1.54, 1.807) is 25.2 Å². The van der Waals surface area contributed by atoms with Crippen molar-refractivity contribution in [3.05, 3.63) is 29.8 Å². The monoisotopic (exact) mass is 279 g/mol. The first-order chi connectivity index (χ1) is 8.92. The van der Waals surface area contributed by atoms with E-state index in [0.29, 0.717) is 5.56 Å². The summed E-state index contributed by atoms with van der Waals surface area (Å²) < 4.78 is 54.7. The zero-order valence-electron chi connectivity index (χ0n) is 10.8. The molecule has 1 unspecified atom stereocenters. The van der Waals surface area contributed by atoms with Crippen molar-refractivity contribution in [3.8, 4) is 5.75 Å². The second kappa shape index (κ2) is 6.75. The molecule has 0 aromatic heterocycles. The molecule has 0 bridgehead atoms. The van der Waals surface area contributed by atoms with Gasteiger partial charge in [-0.25, -0.2) is 8.78 Å². The topological polar surface area (TPSA) is 21.3 Å². The SMILES string of the molecule is CCC(NC)c1ccccc1OCC(F)(F)C(F)F. The average Bonchev–Trinajstić information content (AvgIpc) is 2.39. The Morgan fingerprint density at radius 2 is 1.89 bits per heavy atom. The highest BCUT2D eigenvalue weighted by Crippen LogP contribution is 2.29. The number of rotatable bonds is 7. The van der Waals surface area contributed by atoms with Gasteiger partial charge >= 0.3 is 12.3 Å². The Labute approximate surface area is 109 Å². The molecule has 2 nitrogen and oxygen atoms in total. The summed E-state index contributed by atoms with van der Waals surface area (Å²) in [7, 11) is 1.73. The molecule has 19 heavy (non-hydrogen) atoms.